The van der Waals surface area contributed by atoms with E-state index >= 15 is 0 Å². The summed E-state index contributed by atoms with van der Waals surface area (Å²) in [7, 11) is 0. The van der Waals surface area contributed by atoms with Crippen molar-refractivity contribution in [3.05, 3.63) is 72.3 Å². The van der Waals surface area contributed by atoms with Gasteiger partial charge < -0.3 is 24.3 Å². The van der Waals surface area contributed by atoms with Crippen LogP contribution in [0.4, 0.5) is 5.69 Å². The van der Waals surface area contributed by atoms with Crippen molar-refractivity contribution in [3.63, 3.8) is 0 Å². The van der Waals surface area contributed by atoms with Crippen molar-refractivity contribution in [2.75, 3.05) is 25.1 Å². The Kier molecular flexibility index (Phi) is 5.52. The lowest BCUT2D eigenvalue weighted by atomic mass is 10.1. The van der Waals surface area contributed by atoms with Crippen molar-refractivity contribution in [1.82, 2.24) is 0 Å². The molecule has 0 aliphatic carbocycles. The second-order valence-corrected chi connectivity index (χ2v) is 6.34. The highest BCUT2D eigenvalue weighted by molar-refractivity contribution is 6.04. The van der Waals surface area contributed by atoms with E-state index in [1.165, 1.54) is 0 Å². The van der Waals surface area contributed by atoms with Crippen LogP contribution in [0.15, 0.2) is 66.7 Å². The number of fused-ring (bicyclic) bond motifs is 1. The standard InChI is InChI=1S/C23H21NO5/c1-2-26-18-8-10-20(11-9-18)29-19-6-4-17(5-7-19)24-23(25)16-3-12-21-22(15-16)28-14-13-27-21/h3-12,15H,2,13-14H2,1H3,(H,24,25). The van der Waals surface area contributed by atoms with Crippen molar-refractivity contribution < 1.29 is 23.7 Å². The lowest BCUT2D eigenvalue weighted by Gasteiger charge is -2.18. The fourth-order valence-corrected chi connectivity index (χ4v) is 2.90. The van der Waals surface area contributed by atoms with Gasteiger partial charge in [-0.2, -0.15) is 0 Å². The first-order valence-electron chi connectivity index (χ1n) is 9.43. The van der Waals surface area contributed by atoms with Gasteiger partial charge in [0, 0.05) is 11.3 Å². The topological polar surface area (TPSA) is 66.0 Å². The molecule has 6 nitrogen and oxygen atoms in total. The fourth-order valence-electron chi connectivity index (χ4n) is 2.90. The van der Waals surface area contributed by atoms with Gasteiger partial charge in [-0.25, -0.2) is 0 Å². The van der Waals surface area contributed by atoms with Gasteiger partial charge in [0.1, 0.15) is 30.5 Å². The van der Waals surface area contributed by atoms with Crippen molar-refractivity contribution in [3.8, 4) is 28.7 Å². The van der Waals surface area contributed by atoms with Crippen LogP contribution in [0.1, 0.15) is 17.3 Å². The van der Waals surface area contributed by atoms with Crippen LogP contribution in [0.25, 0.3) is 0 Å². The van der Waals surface area contributed by atoms with E-state index in [0.717, 1.165) is 5.75 Å². The van der Waals surface area contributed by atoms with Crippen molar-refractivity contribution in [2.24, 2.45) is 0 Å². The van der Waals surface area contributed by atoms with E-state index in [-0.39, 0.29) is 5.91 Å². The second kappa shape index (κ2) is 8.56. The summed E-state index contributed by atoms with van der Waals surface area (Å²) < 4.78 is 22.2. The van der Waals surface area contributed by atoms with E-state index in [4.69, 9.17) is 18.9 Å². The molecule has 0 saturated carbocycles. The summed E-state index contributed by atoms with van der Waals surface area (Å²) in [5, 5.41) is 2.87. The van der Waals surface area contributed by atoms with E-state index in [0.29, 0.717) is 54.1 Å². The molecule has 29 heavy (non-hydrogen) atoms. The molecular weight excluding hydrogens is 370 g/mol. The van der Waals surface area contributed by atoms with Gasteiger partial charge in [0.25, 0.3) is 5.91 Å². The number of carbonyl (C=O) groups is 1. The van der Waals surface area contributed by atoms with Gasteiger partial charge in [-0.05, 0) is 73.7 Å². The fraction of sp³-hybridized carbons (Fsp3) is 0.174. The molecule has 0 saturated heterocycles. The predicted octanol–water partition coefficient (Wildman–Crippen LogP) is 4.90. The molecule has 1 heterocycles. The number of rotatable bonds is 6. The van der Waals surface area contributed by atoms with Gasteiger partial charge in [0.05, 0.1) is 6.61 Å². The molecule has 4 rings (SSSR count). The lowest BCUT2D eigenvalue weighted by Crippen LogP contribution is -2.17. The molecule has 1 aliphatic heterocycles. The minimum absolute atomic E-state index is 0.220. The Morgan fingerprint density at radius 2 is 1.48 bits per heavy atom. The normalized spacial score (nSPS) is 12.2. The molecule has 6 heteroatoms. The Labute approximate surface area is 169 Å². The van der Waals surface area contributed by atoms with Gasteiger partial charge in [0.2, 0.25) is 0 Å². The molecule has 1 N–H and O–H groups in total. The van der Waals surface area contributed by atoms with Crippen LogP contribution in [0.3, 0.4) is 0 Å². The van der Waals surface area contributed by atoms with Gasteiger partial charge in [-0.3, -0.25) is 4.79 Å². The molecule has 148 valence electrons. The maximum Gasteiger partial charge on any atom is 0.255 e. The largest absolute Gasteiger partial charge is 0.494 e. The number of ether oxygens (including phenoxy) is 4. The summed E-state index contributed by atoms with van der Waals surface area (Å²) >= 11 is 0. The molecule has 1 aliphatic rings. The monoisotopic (exact) mass is 391 g/mol. The van der Waals surface area contributed by atoms with Crippen molar-refractivity contribution >= 4 is 11.6 Å². The van der Waals surface area contributed by atoms with Gasteiger partial charge >= 0.3 is 0 Å². The summed E-state index contributed by atoms with van der Waals surface area (Å²) in [5.74, 6) is 3.21. The van der Waals surface area contributed by atoms with Crippen LogP contribution in [0.5, 0.6) is 28.7 Å². The zero-order chi connectivity index (χ0) is 20.1. The molecule has 0 radical (unpaired) electrons. The smallest absolute Gasteiger partial charge is 0.255 e. The zero-order valence-electron chi connectivity index (χ0n) is 16.0. The van der Waals surface area contributed by atoms with E-state index in [1.54, 1.807) is 42.5 Å². The highest BCUT2D eigenvalue weighted by atomic mass is 16.6. The molecular formula is C23H21NO5. The number of hydrogen-bond acceptors (Lipinski definition) is 5. The molecule has 0 bridgehead atoms. The van der Waals surface area contributed by atoms with Crippen molar-refractivity contribution in [2.45, 2.75) is 6.92 Å². The first-order chi connectivity index (χ1) is 14.2. The highest BCUT2D eigenvalue weighted by Crippen LogP contribution is 2.31. The molecule has 0 spiro atoms. The first kappa shape index (κ1) is 18.7. The van der Waals surface area contributed by atoms with Gasteiger partial charge in [-0.1, -0.05) is 0 Å². The van der Waals surface area contributed by atoms with E-state index in [2.05, 4.69) is 5.32 Å². The zero-order valence-corrected chi connectivity index (χ0v) is 16.0. The van der Waals surface area contributed by atoms with Crippen molar-refractivity contribution in [1.29, 1.82) is 0 Å². The van der Waals surface area contributed by atoms with Crippen LogP contribution in [0.2, 0.25) is 0 Å². The summed E-state index contributed by atoms with van der Waals surface area (Å²) in [6.07, 6.45) is 0. The van der Waals surface area contributed by atoms with Gasteiger partial charge in [0.15, 0.2) is 11.5 Å². The Morgan fingerprint density at radius 3 is 2.17 bits per heavy atom. The summed E-state index contributed by atoms with van der Waals surface area (Å²) in [6, 6.07) is 19.8. The van der Waals surface area contributed by atoms with Gasteiger partial charge in [-0.15, -0.1) is 0 Å². The molecule has 3 aromatic rings. The minimum Gasteiger partial charge on any atom is -0.494 e. The molecule has 0 fully saturated rings. The summed E-state index contributed by atoms with van der Waals surface area (Å²) in [4.78, 5) is 12.5. The SMILES string of the molecule is CCOc1ccc(Oc2ccc(NC(=O)c3ccc4c(c3)OCCO4)cc2)cc1. The highest BCUT2D eigenvalue weighted by Gasteiger charge is 2.15. The molecule has 1 amide bonds. The van der Waals surface area contributed by atoms with E-state index < -0.39 is 0 Å². The first-order valence-corrected chi connectivity index (χ1v) is 9.43. The Hall–Kier alpha value is -3.67. The van der Waals surface area contributed by atoms with Crippen LogP contribution in [0, 0.1) is 0 Å². The number of anilines is 1. The third-order valence-corrected chi connectivity index (χ3v) is 4.29. The minimum atomic E-state index is -0.220. The maximum atomic E-state index is 12.5. The summed E-state index contributed by atoms with van der Waals surface area (Å²) in [6.45, 7) is 3.57. The Bertz CT molecular complexity index is 983. The molecule has 0 aromatic heterocycles. The molecule has 0 atom stereocenters. The maximum absolute atomic E-state index is 12.5. The molecule has 0 unspecified atom stereocenters. The third kappa shape index (κ3) is 4.60. The average Bonchev–Trinajstić information content (AvgIpc) is 2.76. The number of nitrogens with one attached hydrogen (secondary N) is 1. The summed E-state index contributed by atoms with van der Waals surface area (Å²) in [5.41, 5.74) is 1.17. The Morgan fingerprint density at radius 1 is 0.862 bits per heavy atom. The third-order valence-electron chi connectivity index (χ3n) is 4.29. The molecule has 3 aromatic carbocycles. The lowest BCUT2D eigenvalue weighted by molar-refractivity contribution is 0.102. The number of amides is 1. The van der Waals surface area contributed by atoms with Crippen LogP contribution >= 0.6 is 0 Å². The van der Waals surface area contributed by atoms with Crippen LogP contribution in [-0.4, -0.2) is 25.7 Å². The average molecular weight is 391 g/mol. The van der Waals surface area contributed by atoms with E-state index in [1.807, 2.05) is 31.2 Å². The number of carbonyl (C=O) groups excluding carboxylic acids is 1. The quantitative estimate of drug-likeness (QED) is 0.647. The number of benzene rings is 3. The van der Waals surface area contributed by atoms with E-state index in [9.17, 15) is 4.79 Å². The second-order valence-electron chi connectivity index (χ2n) is 6.34. The van der Waals surface area contributed by atoms with Crippen LogP contribution in [-0.2, 0) is 0 Å². The Balaban J connectivity index is 1.38. The number of hydrogen-bond donors (Lipinski definition) is 1. The van der Waals surface area contributed by atoms with Crippen LogP contribution < -0.4 is 24.3 Å². The predicted molar refractivity (Wildman–Crippen MR) is 110 cm³/mol.